The molecule has 1 aromatic heterocycles. The van der Waals surface area contributed by atoms with E-state index in [1.165, 1.54) is 16.6 Å². The molecule has 3 aromatic rings. The molecule has 0 spiro atoms. The number of carbonyl (C=O) groups excluding carboxylic acids is 2. The third-order valence-corrected chi connectivity index (χ3v) is 14.1. The van der Waals surface area contributed by atoms with Crippen LogP contribution in [-0.2, 0) is 19.5 Å². The van der Waals surface area contributed by atoms with Crippen molar-refractivity contribution in [3.63, 3.8) is 0 Å². The number of carbonyl (C=O) groups is 2. The van der Waals surface area contributed by atoms with Gasteiger partial charge in [-0.25, -0.2) is 23.5 Å². The predicted molar refractivity (Wildman–Crippen MR) is 156 cm³/mol. The second-order valence-corrected chi connectivity index (χ2v) is 16.6. The molecule has 0 fully saturated rings. The van der Waals surface area contributed by atoms with Gasteiger partial charge in [-0.2, -0.15) is 0 Å². The summed E-state index contributed by atoms with van der Waals surface area (Å²) in [6, 6.07) is 18.4. The van der Waals surface area contributed by atoms with Crippen LogP contribution < -0.4 is 16.6 Å². The number of para-hydroxylation sites is 1. The monoisotopic (exact) mass is 560 g/mol. The molecule has 0 N–H and O–H groups in total. The zero-order chi connectivity index (χ0) is 29.2. The van der Waals surface area contributed by atoms with Gasteiger partial charge in [0.15, 0.2) is 5.41 Å². The molecule has 0 saturated carbocycles. The van der Waals surface area contributed by atoms with Gasteiger partial charge in [-0.3, -0.25) is 9.59 Å². The van der Waals surface area contributed by atoms with Crippen molar-refractivity contribution in [2.24, 2.45) is 5.41 Å². The Morgan fingerprint density at radius 1 is 0.950 bits per heavy atom. The molecule has 3 atom stereocenters. The number of esters is 1. The average Bonchev–Trinajstić information content (AvgIpc) is 3.49. The summed E-state index contributed by atoms with van der Waals surface area (Å²) in [4.78, 5) is 57.0. The van der Waals surface area contributed by atoms with Crippen LogP contribution in [0.4, 0.5) is 0 Å². The highest BCUT2D eigenvalue weighted by Gasteiger charge is 2.63. The van der Waals surface area contributed by atoms with Gasteiger partial charge in [0.05, 0.1) is 24.0 Å². The third-order valence-electron chi connectivity index (χ3n) is 9.33. The van der Waals surface area contributed by atoms with Crippen LogP contribution in [0.2, 0.25) is 13.1 Å². The Balaban J connectivity index is 1.85. The highest BCUT2D eigenvalue weighted by atomic mass is 28.3. The molecule has 9 nitrogen and oxygen atoms in total. The largest absolute Gasteiger partial charge is 0.468 e. The van der Waals surface area contributed by atoms with Gasteiger partial charge >= 0.3 is 17.3 Å². The number of rotatable bonds is 5. The first-order chi connectivity index (χ1) is 18.8. The van der Waals surface area contributed by atoms with E-state index in [0.29, 0.717) is 5.69 Å². The molecule has 1 aliphatic heterocycles. The first-order valence-corrected chi connectivity index (χ1v) is 16.4. The Morgan fingerprint density at radius 2 is 1.52 bits per heavy atom. The number of hydrogen-bond acceptors (Lipinski definition) is 5. The summed E-state index contributed by atoms with van der Waals surface area (Å²) < 4.78 is 9.62. The maximum Gasteiger partial charge on any atom is 0.352 e. The van der Waals surface area contributed by atoms with Crippen molar-refractivity contribution >= 4 is 25.1 Å². The molecule has 1 aliphatic carbocycles. The highest BCUT2D eigenvalue weighted by Crippen LogP contribution is 2.56. The minimum atomic E-state index is -2.73. The Kier molecular flexibility index (Phi) is 6.45. The molecule has 5 rings (SSSR count). The van der Waals surface area contributed by atoms with E-state index in [1.807, 2.05) is 38.1 Å². The van der Waals surface area contributed by atoms with Crippen LogP contribution in [0.5, 0.6) is 0 Å². The highest BCUT2D eigenvalue weighted by molar-refractivity contribution is 6.92. The van der Waals surface area contributed by atoms with Crippen molar-refractivity contribution in [3.8, 4) is 5.69 Å². The number of benzene rings is 2. The van der Waals surface area contributed by atoms with E-state index in [2.05, 4.69) is 25.2 Å². The van der Waals surface area contributed by atoms with Gasteiger partial charge in [-0.15, -0.1) is 0 Å². The second kappa shape index (κ2) is 9.33. The normalized spacial score (nSPS) is 23.9. The molecule has 0 saturated heterocycles. The standard InChI is InChI=1S/C30H36N4O5Si/c1-20-23-18-30(26(36)39-5,25(35)31(3)4)19-24(23)29(2,40(6,7)22-16-12-9-13-17-22)34-28(38)32(27(37)33(20)34)21-14-10-8-11-15-21/h8-17,20H,18-19H2,1-7H3/t20-,29-,30?/m0/s1. The fourth-order valence-electron chi connectivity index (χ4n) is 6.85. The van der Waals surface area contributed by atoms with E-state index in [1.54, 1.807) is 47.7 Å². The number of fused-ring (bicyclic) bond motifs is 1. The van der Waals surface area contributed by atoms with Crippen molar-refractivity contribution in [1.29, 1.82) is 0 Å². The quantitative estimate of drug-likeness (QED) is 0.207. The molecule has 0 bridgehead atoms. The molecule has 2 aliphatic rings. The van der Waals surface area contributed by atoms with Crippen LogP contribution in [0.1, 0.15) is 32.7 Å². The topological polar surface area (TPSA) is 95.5 Å². The van der Waals surface area contributed by atoms with Gasteiger partial charge in [0.25, 0.3) is 0 Å². The molecule has 10 heteroatoms. The number of methoxy groups -OCH3 is 1. The lowest BCUT2D eigenvalue weighted by molar-refractivity contribution is -0.161. The minimum absolute atomic E-state index is 0.118. The number of hydrogen-bond donors (Lipinski definition) is 0. The summed E-state index contributed by atoms with van der Waals surface area (Å²) in [5.74, 6) is -0.950. The molecule has 2 aromatic carbocycles. The van der Waals surface area contributed by atoms with Crippen molar-refractivity contribution < 1.29 is 14.3 Å². The van der Waals surface area contributed by atoms with Crippen LogP contribution in [0.3, 0.4) is 0 Å². The summed E-state index contributed by atoms with van der Waals surface area (Å²) in [5, 5.41) is 0.112. The molecule has 210 valence electrons. The van der Waals surface area contributed by atoms with Gasteiger partial charge in [-0.1, -0.05) is 66.8 Å². The third kappa shape index (κ3) is 3.51. The Morgan fingerprint density at radius 3 is 2.08 bits per heavy atom. The summed E-state index contributed by atoms with van der Waals surface area (Å²) in [7, 11) is 1.82. The lowest BCUT2D eigenvalue weighted by atomic mass is 9.81. The van der Waals surface area contributed by atoms with Gasteiger partial charge in [0.2, 0.25) is 5.91 Å². The van der Waals surface area contributed by atoms with Gasteiger partial charge in [0, 0.05) is 14.1 Å². The Labute approximate surface area is 234 Å². The molecule has 1 amide bonds. The number of amides is 1. The fraction of sp³-hybridized carbons (Fsp3) is 0.400. The fourth-order valence-corrected chi connectivity index (χ4v) is 10.2. The maximum absolute atomic E-state index is 14.4. The van der Waals surface area contributed by atoms with Gasteiger partial charge < -0.3 is 9.64 Å². The van der Waals surface area contributed by atoms with Crippen molar-refractivity contribution in [2.75, 3.05) is 21.2 Å². The van der Waals surface area contributed by atoms with Gasteiger partial charge in [0.1, 0.15) is 8.07 Å². The average molecular weight is 561 g/mol. The van der Waals surface area contributed by atoms with Crippen molar-refractivity contribution in [3.05, 3.63) is 92.8 Å². The van der Waals surface area contributed by atoms with Crippen LogP contribution in [0.15, 0.2) is 81.4 Å². The maximum atomic E-state index is 14.4. The van der Waals surface area contributed by atoms with Crippen molar-refractivity contribution in [1.82, 2.24) is 18.8 Å². The smallest absolute Gasteiger partial charge is 0.352 e. The zero-order valence-electron chi connectivity index (χ0n) is 24.1. The molecule has 2 heterocycles. The molecule has 40 heavy (non-hydrogen) atoms. The number of nitrogens with zero attached hydrogens (tertiary/aromatic N) is 4. The summed E-state index contributed by atoms with van der Waals surface area (Å²) >= 11 is 0. The summed E-state index contributed by atoms with van der Waals surface area (Å²) in [5.41, 5.74) is -0.157. The Hall–Kier alpha value is -3.92. The first kappa shape index (κ1) is 27.6. The van der Waals surface area contributed by atoms with Crippen LogP contribution in [-0.4, -0.2) is 60.0 Å². The number of allylic oxidation sites excluding steroid dienone is 2. The van der Waals surface area contributed by atoms with Crippen molar-refractivity contribution in [2.45, 2.75) is 51.0 Å². The summed E-state index contributed by atoms with van der Waals surface area (Å²) in [6.07, 6.45) is 0.243. The van der Waals surface area contributed by atoms with Crippen LogP contribution >= 0.6 is 0 Å². The minimum Gasteiger partial charge on any atom is -0.468 e. The van der Waals surface area contributed by atoms with E-state index in [9.17, 15) is 19.2 Å². The van der Waals surface area contributed by atoms with Crippen LogP contribution in [0, 0.1) is 5.41 Å². The number of ether oxygens (including phenoxy) is 1. The van der Waals surface area contributed by atoms with E-state index < -0.39 is 42.0 Å². The second-order valence-electron chi connectivity index (χ2n) is 11.8. The predicted octanol–water partition coefficient (Wildman–Crippen LogP) is 2.58. The Bertz CT molecular complexity index is 1650. The van der Waals surface area contributed by atoms with E-state index >= 15 is 0 Å². The first-order valence-electron chi connectivity index (χ1n) is 13.4. The summed E-state index contributed by atoms with van der Waals surface area (Å²) in [6.45, 7) is 8.23. The molecular weight excluding hydrogens is 524 g/mol. The van der Waals surface area contributed by atoms with E-state index in [0.717, 1.165) is 16.3 Å². The zero-order valence-corrected chi connectivity index (χ0v) is 25.1. The SMILES string of the molecule is COC(=O)C1(C(=O)N(C)C)CC2=C(C1)[C@](C)([Si](C)(C)c1ccccc1)n1c(=O)n(-c3ccccc3)c(=O)n1[C@H]2C. The molecule has 0 radical (unpaired) electrons. The van der Waals surface area contributed by atoms with E-state index in [4.69, 9.17) is 4.74 Å². The number of aromatic nitrogens is 3. The van der Waals surface area contributed by atoms with Gasteiger partial charge in [-0.05, 0) is 50.0 Å². The molecular formula is C30H36N4O5Si. The van der Waals surface area contributed by atoms with E-state index in [-0.39, 0.29) is 18.7 Å². The lowest BCUT2D eigenvalue weighted by Crippen LogP contribution is -2.67. The molecule has 1 unspecified atom stereocenters. The van der Waals surface area contributed by atoms with Crippen LogP contribution in [0.25, 0.3) is 5.69 Å². The lowest BCUT2D eigenvalue weighted by Gasteiger charge is -2.49.